The molecule has 16 heavy (non-hydrogen) atoms. The number of nitro groups is 3. The van der Waals surface area contributed by atoms with Crippen LogP contribution in [0.3, 0.4) is 0 Å². The molecule has 1 fully saturated rings. The first-order chi connectivity index (χ1) is 7.44. The second kappa shape index (κ2) is 4.37. The molecule has 0 N–H and O–H groups in total. The molecule has 0 aromatic heterocycles. The third-order valence-electron chi connectivity index (χ3n) is 2.96. The van der Waals surface area contributed by atoms with Gasteiger partial charge < -0.3 is 0 Å². The zero-order valence-electron chi connectivity index (χ0n) is 8.40. The normalized spacial score (nSPS) is 18.0. The highest BCUT2D eigenvalue weighted by Gasteiger charge is 2.75. The average molecular weight is 233 g/mol. The van der Waals surface area contributed by atoms with Crippen molar-refractivity contribution in [3.8, 4) is 0 Å². The van der Waals surface area contributed by atoms with Crippen LogP contribution >= 0.6 is 0 Å². The molecule has 1 rings (SSSR count). The Kier molecular flexibility index (Phi) is 3.35. The number of nitrogens with zero attached hydrogens (tertiary/aromatic N) is 3. The Morgan fingerprint density at radius 1 is 0.812 bits per heavy atom. The van der Waals surface area contributed by atoms with Crippen molar-refractivity contribution in [2.75, 3.05) is 0 Å². The first-order valence-electron chi connectivity index (χ1n) is 4.87. The third kappa shape index (κ3) is 1.68. The summed E-state index contributed by atoms with van der Waals surface area (Å²) in [5.74, 6) is -4.39. The second-order valence-electron chi connectivity index (χ2n) is 3.79. The van der Waals surface area contributed by atoms with Crippen LogP contribution in [0.25, 0.3) is 0 Å². The average Bonchev–Trinajstić information content (AvgIpc) is 2.18. The lowest BCUT2D eigenvalue weighted by atomic mass is 9.84. The van der Waals surface area contributed by atoms with Gasteiger partial charge in [0.1, 0.15) is 0 Å². The molecule has 0 heterocycles. The van der Waals surface area contributed by atoms with Crippen molar-refractivity contribution in [3.05, 3.63) is 30.3 Å². The third-order valence-corrected chi connectivity index (χ3v) is 2.96. The number of hydrogen-bond acceptors (Lipinski definition) is 6. The van der Waals surface area contributed by atoms with E-state index < -0.39 is 26.5 Å². The zero-order valence-corrected chi connectivity index (χ0v) is 8.40. The van der Waals surface area contributed by atoms with E-state index >= 15 is 0 Å². The molecule has 0 unspecified atom stereocenters. The smallest absolute Gasteiger partial charge is 0.253 e. The minimum Gasteiger partial charge on any atom is -0.253 e. The van der Waals surface area contributed by atoms with Gasteiger partial charge in [-0.3, -0.25) is 30.3 Å². The van der Waals surface area contributed by atoms with Gasteiger partial charge in [-0.25, -0.2) is 0 Å². The Labute approximate surface area is 89.9 Å². The summed E-state index contributed by atoms with van der Waals surface area (Å²) in [4.78, 5) is 28.1. The summed E-state index contributed by atoms with van der Waals surface area (Å²) in [6.45, 7) is 0. The molecule has 1 aliphatic rings. The van der Waals surface area contributed by atoms with Gasteiger partial charge in [0, 0.05) is 0 Å². The van der Waals surface area contributed by atoms with Gasteiger partial charge in [-0.05, 0) is 12.8 Å². The van der Waals surface area contributed by atoms with Crippen LogP contribution in [-0.4, -0.2) is 20.6 Å². The van der Waals surface area contributed by atoms with Crippen molar-refractivity contribution < 1.29 is 14.8 Å². The van der Waals surface area contributed by atoms with Crippen LogP contribution in [0.1, 0.15) is 32.1 Å². The lowest BCUT2D eigenvalue weighted by Gasteiger charge is -2.21. The fourth-order valence-electron chi connectivity index (χ4n) is 2.14. The van der Waals surface area contributed by atoms with Crippen LogP contribution in [0.15, 0.2) is 0 Å². The van der Waals surface area contributed by atoms with Gasteiger partial charge in [-0.2, -0.15) is 0 Å². The van der Waals surface area contributed by atoms with E-state index in [0.29, 0.717) is 12.8 Å². The Balaban J connectivity index is 3.14. The molecule has 0 bridgehead atoms. The molecule has 0 aromatic rings. The van der Waals surface area contributed by atoms with Crippen LogP contribution in [0.2, 0.25) is 0 Å². The largest absolute Gasteiger partial charge is 0.702 e. The van der Waals surface area contributed by atoms with Crippen LogP contribution in [0.5, 0.6) is 0 Å². The first kappa shape index (κ1) is 12.3. The highest BCUT2D eigenvalue weighted by molar-refractivity contribution is 4.73. The maximum Gasteiger partial charge on any atom is 0.702 e. The Morgan fingerprint density at radius 3 is 1.50 bits per heavy atom. The minimum atomic E-state index is -3.26. The standard InChI is InChI=1S/C7H11N3O6/c11-8(12)7(9(13)14,10(15)16)6-4-2-1-3-5-6/h6H,1-5H2. The van der Waals surface area contributed by atoms with Crippen molar-refractivity contribution in [3.63, 3.8) is 0 Å². The molecule has 0 atom stereocenters. The Hall–Kier alpha value is -1.80. The van der Waals surface area contributed by atoms with Crippen LogP contribution in [0.4, 0.5) is 0 Å². The fourth-order valence-corrected chi connectivity index (χ4v) is 2.14. The summed E-state index contributed by atoms with van der Waals surface area (Å²) in [6, 6.07) is 0. The Bertz CT molecular complexity index is 288. The quantitative estimate of drug-likeness (QED) is 0.405. The van der Waals surface area contributed by atoms with E-state index in [1.807, 2.05) is 0 Å². The SMILES string of the molecule is O=[N+]([O-])C(C1CCCCC1)([N+](=O)[O-])[N+](=O)[O-]. The van der Waals surface area contributed by atoms with Crippen LogP contribution in [-0.2, 0) is 0 Å². The van der Waals surface area contributed by atoms with Crippen molar-refractivity contribution in [2.24, 2.45) is 5.92 Å². The highest BCUT2D eigenvalue weighted by atomic mass is 16.7. The van der Waals surface area contributed by atoms with E-state index in [2.05, 4.69) is 0 Å². The van der Waals surface area contributed by atoms with Gasteiger partial charge in [-0.1, -0.05) is 19.3 Å². The molecule has 1 saturated carbocycles. The Morgan fingerprint density at radius 2 is 1.19 bits per heavy atom. The fraction of sp³-hybridized carbons (Fsp3) is 1.00. The molecule has 0 aromatic carbocycles. The van der Waals surface area contributed by atoms with Gasteiger partial charge in [-0.15, -0.1) is 0 Å². The molecule has 0 amide bonds. The number of hydrogen-bond donors (Lipinski definition) is 0. The summed E-state index contributed by atoms with van der Waals surface area (Å²) in [6.07, 6.45) is 2.23. The summed E-state index contributed by atoms with van der Waals surface area (Å²) >= 11 is 0. The monoisotopic (exact) mass is 233 g/mol. The molecule has 0 aliphatic heterocycles. The van der Waals surface area contributed by atoms with E-state index in [4.69, 9.17) is 0 Å². The predicted molar refractivity (Wildman–Crippen MR) is 50.3 cm³/mol. The molecule has 0 spiro atoms. The van der Waals surface area contributed by atoms with E-state index in [1.165, 1.54) is 0 Å². The molecular formula is C7H11N3O6. The zero-order chi connectivity index (χ0) is 12.3. The molecule has 90 valence electrons. The lowest BCUT2D eigenvalue weighted by molar-refractivity contribution is -0.979. The molecule has 9 nitrogen and oxygen atoms in total. The lowest BCUT2D eigenvalue weighted by Crippen LogP contribution is -2.59. The highest BCUT2D eigenvalue weighted by Crippen LogP contribution is 2.35. The van der Waals surface area contributed by atoms with Gasteiger partial charge in [0.15, 0.2) is 20.7 Å². The molecular weight excluding hydrogens is 222 g/mol. The van der Waals surface area contributed by atoms with Crippen LogP contribution in [0, 0.1) is 36.3 Å². The van der Waals surface area contributed by atoms with E-state index in [-0.39, 0.29) is 12.8 Å². The van der Waals surface area contributed by atoms with Crippen molar-refractivity contribution in [2.45, 2.75) is 37.9 Å². The minimum absolute atomic E-state index is 0.156. The predicted octanol–water partition coefficient (Wildman–Crippen LogP) is 1.05. The van der Waals surface area contributed by atoms with Crippen molar-refractivity contribution >= 4 is 0 Å². The second-order valence-corrected chi connectivity index (χ2v) is 3.79. The molecule has 9 heteroatoms. The van der Waals surface area contributed by atoms with E-state index in [0.717, 1.165) is 6.42 Å². The maximum atomic E-state index is 10.7. The van der Waals surface area contributed by atoms with Gasteiger partial charge in [0.2, 0.25) is 0 Å². The summed E-state index contributed by atoms with van der Waals surface area (Å²) in [7, 11) is 0. The summed E-state index contributed by atoms with van der Waals surface area (Å²) in [5, 5.41) is 32.2. The summed E-state index contributed by atoms with van der Waals surface area (Å²) in [5.41, 5.74) is 0. The maximum absolute atomic E-state index is 10.7. The van der Waals surface area contributed by atoms with Crippen molar-refractivity contribution in [1.82, 2.24) is 0 Å². The number of rotatable bonds is 4. The van der Waals surface area contributed by atoms with Crippen molar-refractivity contribution in [1.29, 1.82) is 0 Å². The molecule has 0 radical (unpaired) electrons. The first-order valence-corrected chi connectivity index (χ1v) is 4.87. The summed E-state index contributed by atoms with van der Waals surface area (Å²) < 4.78 is 0. The van der Waals surface area contributed by atoms with E-state index in [9.17, 15) is 30.3 Å². The van der Waals surface area contributed by atoms with Gasteiger partial charge in [0.05, 0.1) is 0 Å². The topological polar surface area (TPSA) is 129 Å². The van der Waals surface area contributed by atoms with E-state index in [1.54, 1.807) is 0 Å². The van der Waals surface area contributed by atoms with Gasteiger partial charge >= 0.3 is 5.79 Å². The van der Waals surface area contributed by atoms with Gasteiger partial charge in [0.25, 0.3) is 0 Å². The molecule has 0 saturated heterocycles. The van der Waals surface area contributed by atoms with Crippen LogP contribution < -0.4 is 0 Å². The molecule has 1 aliphatic carbocycles.